The first kappa shape index (κ1) is 27.5. The lowest BCUT2D eigenvalue weighted by Gasteiger charge is -2.43. The van der Waals surface area contributed by atoms with E-state index in [2.05, 4.69) is 29.6 Å². The molecule has 204 valence electrons. The quantitative estimate of drug-likeness (QED) is 0.400. The van der Waals surface area contributed by atoms with Crippen LogP contribution in [0.15, 0.2) is 48.5 Å². The molecule has 0 bridgehead atoms. The highest BCUT2D eigenvalue weighted by Gasteiger charge is 2.40. The third kappa shape index (κ3) is 6.65. The van der Waals surface area contributed by atoms with Crippen LogP contribution in [0.1, 0.15) is 76.3 Å². The maximum atomic E-state index is 13.3. The van der Waals surface area contributed by atoms with E-state index < -0.39 is 29.3 Å². The molecule has 8 nitrogen and oxygen atoms in total. The fourth-order valence-corrected chi connectivity index (χ4v) is 5.31. The van der Waals surface area contributed by atoms with Gasteiger partial charge in [0.05, 0.1) is 0 Å². The maximum absolute atomic E-state index is 13.3. The summed E-state index contributed by atoms with van der Waals surface area (Å²) >= 11 is 0. The standard InChI is InChI=1S/C30H38N2O6/c1-29(2,3)38-27(35)31-30(15-9-16-30)17-19-32(18-8-14-26(33)34)28(36)37-20-25-23-12-6-4-10-21(23)22-11-5-7-13-24(22)25/h4-7,10-13,25H,8-9,14-20H2,1-3H3,(H,31,35)(H,33,34). The van der Waals surface area contributed by atoms with Crippen molar-refractivity contribution in [3.63, 3.8) is 0 Å². The summed E-state index contributed by atoms with van der Waals surface area (Å²) < 4.78 is 11.3. The van der Waals surface area contributed by atoms with E-state index in [-0.39, 0.29) is 25.5 Å². The fraction of sp³-hybridized carbons (Fsp3) is 0.500. The zero-order valence-corrected chi connectivity index (χ0v) is 22.5. The van der Waals surface area contributed by atoms with Gasteiger partial charge in [-0.15, -0.1) is 0 Å². The molecular weight excluding hydrogens is 484 g/mol. The maximum Gasteiger partial charge on any atom is 0.409 e. The van der Waals surface area contributed by atoms with Gasteiger partial charge in [-0.05, 0) is 75.1 Å². The van der Waals surface area contributed by atoms with Crippen LogP contribution in [0.4, 0.5) is 9.59 Å². The van der Waals surface area contributed by atoms with Gasteiger partial charge in [0.25, 0.3) is 0 Å². The van der Waals surface area contributed by atoms with Crippen LogP contribution in [0.5, 0.6) is 0 Å². The molecule has 0 unspecified atom stereocenters. The third-order valence-corrected chi connectivity index (χ3v) is 7.35. The van der Waals surface area contributed by atoms with Crippen molar-refractivity contribution < 1.29 is 29.0 Å². The molecule has 38 heavy (non-hydrogen) atoms. The van der Waals surface area contributed by atoms with E-state index in [1.165, 1.54) is 0 Å². The first-order chi connectivity index (χ1) is 18.1. The molecule has 2 aliphatic rings. The smallest absolute Gasteiger partial charge is 0.409 e. The lowest BCUT2D eigenvalue weighted by molar-refractivity contribution is -0.137. The highest BCUT2D eigenvalue weighted by molar-refractivity contribution is 5.79. The Hall–Kier alpha value is -3.55. The fourth-order valence-electron chi connectivity index (χ4n) is 5.31. The molecule has 0 atom stereocenters. The van der Waals surface area contributed by atoms with Gasteiger partial charge < -0.3 is 24.8 Å². The highest BCUT2D eigenvalue weighted by atomic mass is 16.6. The van der Waals surface area contributed by atoms with Crippen molar-refractivity contribution in [3.05, 3.63) is 59.7 Å². The molecular formula is C30H38N2O6. The zero-order valence-electron chi connectivity index (χ0n) is 22.5. The van der Waals surface area contributed by atoms with Gasteiger partial charge in [-0.3, -0.25) is 4.79 Å². The van der Waals surface area contributed by atoms with E-state index in [0.29, 0.717) is 19.4 Å². The molecule has 0 saturated heterocycles. The molecule has 0 radical (unpaired) electrons. The van der Waals surface area contributed by atoms with Crippen molar-refractivity contribution in [2.75, 3.05) is 19.7 Å². The summed E-state index contributed by atoms with van der Waals surface area (Å²) in [5.74, 6) is -0.960. The number of carboxylic acid groups (broad SMARTS) is 1. The Morgan fingerprint density at radius 3 is 2.13 bits per heavy atom. The number of carbonyl (C=O) groups excluding carboxylic acids is 2. The van der Waals surface area contributed by atoms with Crippen LogP contribution in [0.3, 0.4) is 0 Å². The number of carbonyl (C=O) groups is 3. The summed E-state index contributed by atoms with van der Waals surface area (Å²) in [6, 6.07) is 16.3. The Balaban J connectivity index is 1.41. The molecule has 0 aliphatic heterocycles. The first-order valence-electron chi connectivity index (χ1n) is 13.4. The Labute approximate surface area is 224 Å². The molecule has 0 spiro atoms. The number of benzene rings is 2. The Kier molecular flexibility index (Phi) is 8.29. The largest absolute Gasteiger partial charge is 0.481 e. The number of aliphatic carboxylic acids is 1. The van der Waals surface area contributed by atoms with Gasteiger partial charge in [-0.1, -0.05) is 48.5 Å². The summed E-state index contributed by atoms with van der Waals surface area (Å²) in [6.45, 7) is 6.28. The average Bonchev–Trinajstić information content (AvgIpc) is 3.15. The molecule has 2 amide bonds. The second-order valence-electron chi connectivity index (χ2n) is 11.3. The first-order valence-corrected chi connectivity index (χ1v) is 13.4. The minimum absolute atomic E-state index is 0.0333. The van der Waals surface area contributed by atoms with Gasteiger partial charge in [0.15, 0.2) is 0 Å². The zero-order chi connectivity index (χ0) is 27.3. The number of hydrogen-bond acceptors (Lipinski definition) is 5. The van der Waals surface area contributed by atoms with E-state index in [9.17, 15) is 14.4 Å². The lowest BCUT2D eigenvalue weighted by Crippen LogP contribution is -2.56. The van der Waals surface area contributed by atoms with Gasteiger partial charge in [0, 0.05) is 31.0 Å². The second kappa shape index (κ2) is 11.5. The van der Waals surface area contributed by atoms with E-state index >= 15 is 0 Å². The van der Waals surface area contributed by atoms with Gasteiger partial charge in [-0.2, -0.15) is 0 Å². The molecule has 4 rings (SSSR count). The monoisotopic (exact) mass is 522 g/mol. The van der Waals surface area contributed by atoms with Crippen LogP contribution in [0, 0.1) is 0 Å². The van der Waals surface area contributed by atoms with Gasteiger partial charge in [0.2, 0.25) is 0 Å². The topological polar surface area (TPSA) is 105 Å². The lowest BCUT2D eigenvalue weighted by atomic mass is 9.74. The molecule has 1 saturated carbocycles. The number of nitrogens with one attached hydrogen (secondary N) is 1. The predicted molar refractivity (Wildman–Crippen MR) is 144 cm³/mol. The number of hydrogen-bond donors (Lipinski definition) is 2. The number of carboxylic acids is 1. The molecule has 2 N–H and O–H groups in total. The van der Waals surface area contributed by atoms with Gasteiger partial charge in [-0.25, -0.2) is 9.59 Å². The molecule has 2 aliphatic carbocycles. The van der Waals surface area contributed by atoms with Crippen molar-refractivity contribution in [3.8, 4) is 11.1 Å². The third-order valence-electron chi connectivity index (χ3n) is 7.35. The summed E-state index contributed by atoms with van der Waals surface area (Å²) in [4.78, 5) is 38.4. The van der Waals surface area contributed by atoms with Crippen LogP contribution in [-0.4, -0.2) is 59.0 Å². The molecule has 8 heteroatoms. The summed E-state index contributed by atoms with van der Waals surface area (Å²) in [6.07, 6.45) is 2.50. The number of nitrogens with zero attached hydrogens (tertiary/aromatic N) is 1. The van der Waals surface area contributed by atoms with Crippen LogP contribution in [0.2, 0.25) is 0 Å². The van der Waals surface area contributed by atoms with Crippen LogP contribution in [0.25, 0.3) is 11.1 Å². The normalized spacial score (nSPS) is 15.6. The van der Waals surface area contributed by atoms with E-state index in [4.69, 9.17) is 14.6 Å². The minimum atomic E-state index is -0.903. The van der Waals surface area contributed by atoms with Gasteiger partial charge >= 0.3 is 18.2 Å². The predicted octanol–water partition coefficient (Wildman–Crippen LogP) is 5.94. The van der Waals surface area contributed by atoms with Crippen molar-refractivity contribution in [2.24, 2.45) is 0 Å². The summed E-state index contributed by atoms with van der Waals surface area (Å²) in [5, 5.41) is 12.1. The SMILES string of the molecule is CC(C)(C)OC(=O)NC1(CCN(CCCC(=O)O)C(=O)OCC2c3ccccc3-c3ccccc32)CCC1. The second-order valence-corrected chi connectivity index (χ2v) is 11.3. The van der Waals surface area contributed by atoms with Crippen molar-refractivity contribution in [2.45, 2.75) is 76.4 Å². The van der Waals surface area contributed by atoms with E-state index in [1.54, 1.807) is 4.90 Å². The van der Waals surface area contributed by atoms with Gasteiger partial charge in [0.1, 0.15) is 12.2 Å². The summed E-state index contributed by atoms with van der Waals surface area (Å²) in [5.41, 5.74) is 3.55. The number of alkyl carbamates (subject to hydrolysis) is 1. The van der Waals surface area contributed by atoms with Crippen molar-refractivity contribution in [1.82, 2.24) is 10.2 Å². The van der Waals surface area contributed by atoms with E-state index in [0.717, 1.165) is 41.5 Å². The average molecular weight is 523 g/mol. The molecule has 0 aromatic heterocycles. The minimum Gasteiger partial charge on any atom is -0.481 e. The Morgan fingerprint density at radius 2 is 1.61 bits per heavy atom. The number of fused-ring (bicyclic) bond motifs is 3. The van der Waals surface area contributed by atoms with Crippen LogP contribution in [-0.2, 0) is 14.3 Å². The van der Waals surface area contributed by atoms with E-state index in [1.807, 2.05) is 45.0 Å². The Morgan fingerprint density at radius 1 is 1.00 bits per heavy atom. The molecule has 2 aromatic carbocycles. The highest BCUT2D eigenvalue weighted by Crippen LogP contribution is 2.44. The number of rotatable bonds is 10. The summed E-state index contributed by atoms with van der Waals surface area (Å²) in [7, 11) is 0. The molecule has 2 aromatic rings. The van der Waals surface area contributed by atoms with Crippen LogP contribution < -0.4 is 5.32 Å². The molecule has 0 heterocycles. The number of amides is 2. The Bertz CT molecular complexity index is 1120. The van der Waals surface area contributed by atoms with Crippen molar-refractivity contribution in [1.29, 1.82) is 0 Å². The van der Waals surface area contributed by atoms with Crippen LogP contribution >= 0.6 is 0 Å². The molecule has 1 fully saturated rings. The van der Waals surface area contributed by atoms with Crippen molar-refractivity contribution >= 4 is 18.2 Å². The number of ether oxygens (including phenoxy) is 2.